The molecule has 0 aliphatic carbocycles. The highest BCUT2D eigenvalue weighted by atomic mass is 19.4. The van der Waals surface area contributed by atoms with Crippen LogP contribution in [0.3, 0.4) is 0 Å². The zero-order valence-electron chi connectivity index (χ0n) is 13.6. The van der Waals surface area contributed by atoms with Crippen LogP contribution in [-0.2, 0) is 6.54 Å². The second kappa shape index (κ2) is 9.22. The minimum Gasteiger partial charge on any atom is -0.468 e. The lowest BCUT2D eigenvalue weighted by molar-refractivity contribution is -0.154. The van der Waals surface area contributed by atoms with Gasteiger partial charge < -0.3 is 15.4 Å². The Morgan fingerprint density at radius 2 is 2.09 bits per heavy atom. The van der Waals surface area contributed by atoms with E-state index in [1.165, 1.54) is 12.3 Å². The topological polar surface area (TPSA) is 58.5 Å². The molecule has 0 unspecified atom stereocenters. The van der Waals surface area contributed by atoms with Crippen molar-refractivity contribution in [2.24, 2.45) is 10.9 Å². The Balaban J connectivity index is 2.47. The van der Waals surface area contributed by atoms with Crippen molar-refractivity contribution in [1.82, 2.24) is 15.6 Å². The second-order valence-electron chi connectivity index (χ2n) is 5.44. The summed E-state index contributed by atoms with van der Waals surface area (Å²) in [5.41, 5.74) is 0.754. The molecule has 1 rings (SSSR count). The quantitative estimate of drug-likeness (QED) is 0.595. The van der Waals surface area contributed by atoms with Crippen molar-refractivity contribution >= 4 is 5.96 Å². The summed E-state index contributed by atoms with van der Waals surface area (Å²) in [5, 5.41) is 6.27. The molecule has 0 spiro atoms. The Morgan fingerprint density at radius 1 is 1.35 bits per heavy atom. The fourth-order valence-corrected chi connectivity index (χ4v) is 1.68. The van der Waals surface area contributed by atoms with Gasteiger partial charge in [-0.1, -0.05) is 13.8 Å². The summed E-state index contributed by atoms with van der Waals surface area (Å²) >= 11 is 0. The molecule has 1 aromatic rings. The first-order valence-corrected chi connectivity index (χ1v) is 7.39. The Bertz CT molecular complexity index is 504. The van der Waals surface area contributed by atoms with Crippen LogP contribution in [0.1, 0.15) is 25.8 Å². The Labute approximate surface area is 134 Å². The number of aliphatic imine (C=N–C) groups is 1. The molecule has 2 N–H and O–H groups in total. The van der Waals surface area contributed by atoms with Crippen LogP contribution >= 0.6 is 0 Å². The number of halogens is 3. The van der Waals surface area contributed by atoms with Gasteiger partial charge in [0.1, 0.15) is 0 Å². The fourth-order valence-electron chi connectivity index (χ4n) is 1.68. The molecule has 1 heterocycles. The zero-order valence-corrected chi connectivity index (χ0v) is 13.6. The molecule has 130 valence electrons. The summed E-state index contributed by atoms with van der Waals surface area (Å²) in [6, 6.07) is 3.18. The maximum absolute atomic E-state index is 12.1. The molecule has 0 aromatic carbocycles. The van der Waals surface area contributed by atoms with Gasteiger partial charge in [0, 0.05) is 32.4 Å². The van der Waals surface area contributed by atoms with Crippen molar-refractivity contribution in [3.05, 3.63) is 23.9 Å². The minimum atomic E-state index is -4.38. The molecular weight excluding hydrogens is 309 g/mol. The number of aromatic nitrogens is 1. The van der Waals surface area contributed by atoms with E-state index in [1.807, 2.05) is 0 Å². The lowest BCUT2D eigenvalue weighted by Gasteiger charge is -2.13. The number of nitrogens with zero attached hydrogens (tertiary/aromatic N) is 2. The van der Waals surface area contributed by atoms with Crippen LogP contribution < -0.4 is 15.4 Å². The van der Waals surface area contributed by atoms with E-state index in [2.05, 4.69) is 39.2 Å². The van der Waals surface area contributed by atoms with E-state index >= 15 is 0 Å². The Morgan fingerprint density at radius 3 is 2.70 bits per heavy atom. The summed E-state index contributed by atoms with van der Waals surface area (Å²) in [7, 11) is 1.66. The van der Waals surface area contributed by atoms with Gasteiger partial charge in [0.05, 0.1) is 0 Å². The third-order valence-electron chi connectivity index (χ3n) is 2.88. The third-order valence-corrected chi connectivity index (χ3v) is 2.88. The van der Waals surface area contributed by atoms with Gasteiger partial charge in [-0.15, -0.1) is 0 Å². The SMILES string of the molecule is CN=C(NCCC(C)C)NCc1ccnc(OCC(F)(F)F)c1. The van der Waals surface area contributed by atoms with Gasteiger partial charge in [0.25, 0.3) is 0 Å². The molecule has 23 heavy (non-hydrogen) atoms. The smallest absolute Gasteiger partial charge is 0.422 e. The summed E-state index contributed by atoms with van der Waals surface area (Å²) in [6.45, 7) is 4.13. The fraction of sp³-hybridized carbons (Fsp3) is 0.600. The lowest BCUT2D eigenvalue weighted by atomic mass is 10.1. The lowest BCUT2D eigenvalue weighted by Crippen LogP contribution is -2.37. The largest absolute Gasteiger partial charge is 0.468 e. The molecule has 0 atom stereocenters. The average Bonchev–Trinajstić information content (AvgIpc) is 2.48. The van der Waals surface area contributed by atoms with E-state index in [4.69, 9.17) is 0 Å². The summed E-state index contributed by atoms with van der Waals surface area (Å²) in [4.78, 5) is 7.85. The van der Waals surface area contributed by atoms with E-state index < -0.39 is 12.8 Å². The van der Waals surface area contributed by atoms with Crippen LogP contribution in [0, 0.1) is 5.92 Å². The molecule has 0 fully saturated rings. The maximum atomic E-state index is 12.1. The molecule has 0 saturated carbocycles. The third kappa shape index (κ3) is 8.90. The predicted molar refractivity (Wildman–Crippen MR) is 83.4 cm³/mol. The number of ether oxygens (including phenoxy) is 1. The molecule has 0 aliphatic rings. The van der Waals surface area contributed by atoms with Crippen molar-refractivity contribution in [3.8, 4) is 5.88 Å². The normalized spacial score (nSPS) is 12.4. The highest BCUT2D eigenvalue weighted by Gasteiger charge is 2.28. The Kier molecular flexibility index (Phi) is 7.64. The van der Waals surface area contributed by atoms with Gasteiger partial charge in [0.2, 0.25) is 5.88 Å². The minimum absolute atomic E-state index is 0.0515. The van der Waals surface area contributed by atoms with Crippen molar-refractivity contribution in [1.29, 1.82) is 0 Å². The Hall–Kier alpha value is -1.99. The molecular formula is C15H23F3N4O. The summed E-state index contributed by atoms with van der Waals surface area (Å²) in [6.07, 6.45) is -1.94. The van der Waals surface area contributed by atoms with Crippen LogP contribution in [0.25, 0.3) is 0 Å². The van der Waals surface area contributed by atoms with Crippen LogP contribution in [0.4, 0.5) is 13.2 Å². The number of pyridine rings is 1. The molecule has 0 radical (unpaired) electrons. The number of hydrogen-bond acceptors (Lipinski definition) is 3. The second-order valence-corrected chi connectivity index (χ2v) is 5.44. The van der Waals surface area contributed by atoms with E-state index in [-0.39, 0.29) is 5.88 Å². The number of alkyl halides is 3. The van der Waals surface area contributed by atoms with Gasteiger partial charge in [0.15, 0.2) is 12.6 Å². The van der Waals surface area contributed by atoms with Crippen molar-refractivity contribution in [2.45, 2.75) is 33.0 Å². The zero-order chi connectivity index (χ0) is 17.3. The first kappa shape index (κ1) is 19.1. The van der Waals surface area contributed by atoms with Gasteiger partial charge in [-0.2, -0.15) is 13.2 Å². The number of hydrogen-bond donors (Lipinski definition) is 2. The maximum Gasteiger partial charge on any atom is 0.422 e. The van der Waals surface area contributed by atoms with Crippen molar-refractivity contribution < 1.29 is 17.9 Å². The van der Waals surface area contributed by atoms with E-state index in [0.29, 0.717) is 18.4 Å². The van der Waals surface area contributed by atoms with Gasteiger partial charge in [-0.3, -0.25) is 4.99 Å². The molecule has 0 bridgehead atoms. The van der Waals surface area contributed by atoms with Gasteiger partial charge in [-0.05, 0) is 24.0 Å². The predicted octanol–water partition coefficient (Wildman–Crippen LogP) is 2.73. The van der Waals surface area contributed by atoms with Crippen LogP contribution in [0.2, 0.25) is 0 Å². The first-order chi connectivity index (χ1) is 10.8. The summed E-state index contributed by atoms with van der Waals surface area (Å²) in [5.74, 6) is 1.18. The first-order valence-electron chi connectivity index (χ1n) is 7.39. The summed E-state index contributed by atoms with van der Waals surface area (Å²) < 4.78 is 41.0. The average molecular weight is 332 g/mol. The molecule has 0 aliphatic heterocycles. The van der Waals surface area contributed by atoms with Crippen molar-refractivity contribution in [3.63, 3.8) is 0 Å². The van der Waals surface area contributed by atoms with Crippen LogP contribution in [0.15, 0.2) is 23.3 Å². The highest BCUT2D eigenvalue weighted by molar-refractivity contribution is 5.79. The number of nitrogens with one attached hydrogen (secondary N) is 2. The molecule has 5 nitrogen and oxygen atoms in total. The van der Waals surface area contributed by atoms with E-state index in [0.717, 1.165) is 18.5 Å². The molecule has 8 heteroatoms. The van der Waals surface area contributed by atoms with Crippen LogP contribution in [0.5, 0.6) is 5.88 Å². The van der Waals surface area contributed by atoms with Gasteiger partial charge in [-0.25, -0.2) is 4.98 Å². The standard InChI is InChI=1S/C15H23F3N4O/c1-11(2)4-6-21-14(19-3)22-9-12-5-7-20-13(8-12)23-10-15(16,17)18/h5,7-8,11H,4,6,9-10H2,1-3H3,(H2,19,21,22). The highest BCUT2D eigenvalue weighted by Crippen LogP contribution is 2.17. The van der Waals surface area contributed by atoms with Crippen LogP contribution in [-0.4, -0.2) is 37.3 Å². The van der Waals surface area contributed by atoms with E-state index in [9.17, 15) is 13.2 Å². The molecule has 1 aromatic heterocycles. The van der Waals surface area contributed by atoms with Gasteiger partial charge >= 0.3 is 6.18 Å². The molecule has 0 amide bonds. The monoisotopic (exact) mass is 332 g/mol. The van der Waals surface area contributed by atoms with Crippen molar-refractivity contribution in [2.75, 3.05) is 20.2 Å². The number of guanidine groups is 1. The number of rotatable bonds is 7. The van der Waals surface area contributed by atoms with E-state index in [1.54, 1.807) is 13.1 Å². The molecule has 0 saturated heterocycles.